The van der Waals surface area contributed by atoms with Crippen LogP contribution in [-0.4, -0.2) is 42.1 Å². The van der Waals surface area contributed by atoms with Crippen LogP contribution in [0.3, 0.4) is 0 Å². The summed E-state index contributed by atoms with van der Waals surface area (Å²) in [6, 6.07) is -0.129. The molecule has 0 spiro atoms. The molecule has 1 unspecified atom stereocenters. The Morgan fingerprint density at radius 2 is 1.94 bits per heavy atom. The maximum atomic E-state index is 11.7. The van der Waals surface area contributed by atoms with Crippen molar-refractivity contribution in [3.05, 3.63) is 0 Å². The molecule has 5 nitrogen and oxygen atoms in total. The maximum Gasteiger partial charge on any atom is 0.317 e. The molecule has 5 heteroatoms. The molecule has 0 aliphatic rings. The first kappa shape index (κ1) is 16.7. The van der Waals surface area contributed by atoms with Gasteiger partial charge in [0.15, 0.2) is 0 Å². The SMILES string of the molecule is CCCN(C)C(=O)NCC(CC(=O)O)CC(C)C. The lowest BCUT2D eigenvalue weighted by atomic mass is 9.94. The molecule has 0 heterocycles. The van der Waals surface area contributed by atoms with Gasteiger partial charge in [-0.25, -0.2) is 4.79 Å². The van der Waals surface area contributed by atoms with Crippen LogP contribution in [0.25, 0.3) is 0 Å². The largest absolute Gasteiger partial charge is 0.481 e. The van der Waals surface area contributed by atoms with E-state index in [1.54, 1.807) is 11.9 Å². The predicted molar refractivity (Wildman–Crippen MR) is 71.5 cm³/mol. The van der Waals surface area contributed by atoms with Crippen LogP contribution in [-0.2, 0) is 4.79 Å². The summed E-state index contributed by atoms with van der Waals surface area (Å²) in [7, 11) is 1.74. The minimum atomic E-state index is -0.809. The number of carboxylic acid groups (broad SMARTS) is 1. The summed E-state index contributed by atoms with van der Waals surface area (Å²) in [4.78, 5) is 24.0. The molecule has 18 heavy (non-hydrogen) atoms. The van der Waals surface area contributed by atoms with E-state index in [0.29, 0.717) is 19.0 Å². The molecule has 0 saturated heterocycles. The molecule has 0 aromatic carbocycles. The van der Waals surface area contributed by atoms with E-state index in [4.69, 9.17) is 5.11 Å². The van der Waals surface area contributed by atoms with Gasteiger partial charge >= 0.3 is 12.0 Å². The standard InChI is InChI=1S/C13H26N2O3/c1-5-6-15(4)13(18)14-9-11(7-10(2)3)8-12(16)17/h10-11H,5-9H2,1-4H3,(H,14,18)(H,16,17). The highest BCUT2D eigenvalue weighted by Crippen LogP contribution is 2.14. The van der Waals surface area contributed by atoms with Crippen LogP contribution >= 0.6 is 0 Å². The number of urea groups is 1. The monoisotopic (exact) mass is 258 g/mol. The average Bonchev–Trinajstić information content (AvgIpc) is 2.24. The van der Waals surface area contributed by atoms with Crippen molar-refractivity contribution in [3.63, 3.8) is 0 Å². The third kappa shape index (κ3) is 7.92. The fourth-order valence-corrected chi connectivity index (χ4v) is 1.96. The van der Waals surface area contributed by atoms with E-state index in [1.807, 2.05) is 6.92 Å². The van der Waals surface area contributed by atoms with Crippen LogP contribution in [0.2, 0.25) is 0 Å². The molecule has 0 saturated carbocycles. The molecule has 0 aliphatic heterocycles. The zero-order valence-corrected chi connectivity index (χ0v) is 11.9. The van der Waals surface area contributed by atoms with Gasteiger partial charge in [-0.1, -0.05) is 20.8 Å². The summed E-state index contributed by atoms with van der Waals surface area (Å²) in [5.41, 5.74) is 0. The number of rotatable bonds is 8. The molecular weight excluding hydrogens is 232 g/mol. The van der Waals surface area contributed by atoms with Crippen molar-refractivity contribution >= 4 is 12.0 Å². The van der Waals surface area contributed by atoms with Crippen LogP contribution < -0.4 is 5.32 Å². The molecule has 0 rings (SSSR count). The van der Waals surface area contributed by atoms with Gasteiger partial charge in [0.2, 0.25) is 0 Å². The first-order valence-corrected chi connectivity index (χ1v) is 6.57. The van der Waals surface area contributed by atoms with E-state index in [2.05, 4.69) is 19.2 Å². The van der Waals surface area contributed by atoms with Gasteiger partial charge in [0.25, 0.3) is 0 Å². The quantitative estimate of drug-likeness (QED) is 0.701. The average molecular weight is 258 g/mol. The van der Waals surface area contributed by atoms with Crippen molar-refractivity contribution < 1.29 is 14.7 Å². The summed E-state index contributed by atoms with van der Waals surface area (Å²) in [6.07, 6.45) is 1.83. The fraction of sp³-hybridized carbons (Fsp3) is 0.846. The molecule has 106 valence electrons. The molecular formula is C13H26N2O3. The number of hydrogen-bond acceptors (Lipinski definition) is 2. The van der Waals surface area contributed by atoms with Crippen molar-refractivity contribution in [1.29, 1.82) is 0 Å². The third-order valence-electron chi connectivity index (χ3n) is 2.72. The number of aliphatic carboxylic acids is 1. The highest BCUT2D eigenvalue weighted by atomic mass is 16.4. The normalized spacial score (nSPS) is 12.3. The maximum absolute atomic E-state index is 11.7. The molecule has 0 aromatic heterocycles. The Balaban J connectivity index is 4.16. The summed E-state index contributed by atoms with van der Waals surface area (Å²) in [5, 5.41) is 11.6. The molecule has 0 bridgehead atoms. The predicted octanol–water partition coefficient (Wildman–Crippen LogP) is 2.17. The number of hydrogen-bond donors (Lipinski definition) is 2. The zero-order chi connectivity index (χ0) is 14.1. The number of nitrogens with one attached hydrogen (secondary N) is 1. The Labute approximate surface area is 110 Å². The van der Waals surface area contributed by atoms with E-state index in [9.17, 15) is 9.59 Å². The first-order chi connectivity index (χ1) is 8.36. The number of carboxylic acids is 1. The van der Waals surface area contributed by atoms with Crippen molar-refractivity contribution in [2.24, 2.45) is 11.8 Å². The number of carbonyl (C=O) groups excluding carboxylic acids is 1. The van der Waals surface area contributed by atoms with Crippen LogP contribution in [0.15, 0.2) is 0 Å². The van der Waals surface area contributed by atoms with Gasteiger partial charge in [-0.05, 0) is 24.7 Å². The minimum absolute atomic E-state index is 0.00137. The van der Waals surface area contributed by atoms with Crippen LogP contribution in [0.5, 0.6) is 0 Å². The van der Waals surface area contributed by atoms with E-state index in [0.717, 1.165) is 12.8 Å². The molecule has 0 radical (unpaired) electrons. The number of nitrogens with zero attached hydrogens (tertiary/aromatic N) is 1. The lowest BCUT2D eigenvalue weighted by Crippen LogP contribution is -2.40. The molecule has 0 fully saturated rings. The molecule has 2 amide bonds. The molecule has 1 atom stereocenters. The molecule has 0 aliphatic carbocycles. The van der Waals surface area contributed by atoms with Gasteiger partial charge in [-0.15, -0.1) is 0 Å². The van der Waals surface area contributed by atoms with Gasteiger partial charge < -0.3 is 15.3 Å². The molecule has 2 N–H and O–H groups in total. The van der Waals surface area contributed by atoms with Crippen molar-refractivity contribution in [3.8, 4) is 0 Å². The Bertz CT molecular complexity index is 267. The highest BCUT2D eigenvalue weighted by molar-refractivity contribution is 5.74. The lowest BCUT2D eigenvalue weighted by Gasteiger charge is -2.21. The zero-order valence-electron chi connectivity index (χ0n) is 11.9. The second-order valence-corrected chi connectivity index (χ2v) is 5.20. The van der Waals surface area contributed by atoms with Crippen LogP contribution in [0.4, 0.5) is 4.79 Å². The van der Waals surface area contributed by atoms with E-state index < -0.39 is 5.97 Å². The Kier molecular flexibility index (Phi) is 8.16. The number of amides is 2. The second kappa shape index (κ2) is 8.78. The van der Waals surface area contributed by atoms with Crippen LogP contribution in [0, 0.1) is 11.8 Å². The number of carbonyl (C=O) groups is 2. The second-order valence-electron chi connectivity index (χ2n) is 5.20. The lowest BCUT2D eigenvalue weighted by molar-refractivity contribution is -0.138. The Hall–Kier alpha value is -1.26. The Morgan fingerprint density at radius 1 is 1.33 bits per heavy atom. The Morgan fingerprint density at radius 3 is 2.39 bits per heavy atom. The van der Waals surface area contributed by atoms with Crippen LogP contribution in [0.1, 0.15) is 40.0 Å². The van der Waals surface area contributed by atoms with Gasteiger partial charge in [-0.3, -0.25) is 4.79 Å². The van der Waals surface area contributed by atoms with Gasteiger partial charge in [0.05, 0.1) is 0 Å². The molecule has 0 aromatic rings. The van der Waals surface area contributed by atoms with E-state index >= 15 is 0 Å². The van der Waals surface area contributed by atoms with Gasteiger partial charge in [0, 0.05) is 26.6 Å². The summed E-state index contributed by atoms with van der Waals surface area (Å²) in [5.74, 6) is -0.377. The van der Waals surface area contributed by atoms with Gasteiger partial charge in [-0.2, -0.15) is 0 Å². The smallest absolute Gasteiger partial charge is 0.317 e. The van der Waals surface area contributed by atoms with Crippen molar-refractivity contribution in [2.45, 2.75) is 40.0 Å². The fourth-order valence-electron chi connectivity index (χ4n) is 1.96. The third-order valence-corrected chi connectivity index (χ3v) is 2.72. The van der Waals surface area contributed by atoms with E-state index in [-0.39, 0.29) is 18.4 Å². The summed E-state index contributed by atoms with van der Waals surface area (Å²) < 4.78 is 0. The topological polar surface area (TPSA) is 69.6 Å². The summed E-state index contributed by atoms with van der Waals surface area (Å²) >= 11 is 0. The van der Waals surface area contributed by atoms with Crippen molar-refractivity contribution in [2.75, 3.05) is 20.1 Å². The summed E-state index contributed by atoms with van der Waals surface area (Å²) in [6.45, 7) is 7.26. The van der Waals surface area contributed by atoms with E-state index in [1.165, 1.54) is 0 Å². The first-order valence-electron chi connectivity index (χ1n) is 6.57. The highest BCUT2D eigenvalue weighted by Gasteiger charge is 2.16. The van der Waals surface area contributed by atoms with Crippen molar-refractivity contribution in [1.82, 2.24) is 10.2 Å². The van der Waals surface area contributed by atoms with Gasteiger partial charge in [0.1, 0.15) is 0 Å². The minimum Gasteiger partial charge on any atom is -0.481 e.